The van der Waals surface area contributed by atoms with Gasteiger partial charge in [-0.05, 0) is 49.1 Å². The fraction of sp³-hybridized carbons (Fsp3) is 0.208. The highest BCUT2D eigenvalue weighted by molar-refractivity contribution is 7.10. The molecule has 2 unspecified atom stereocenters. The van der Waals surface area contributed by atoms with Crippen molar-refractivity contribution in [3.8, 4) is 5.82 Å². The number of nitrogens with one attached hydrogen (secondary N) is 1. The van der Waals surface area contributed by atoms with Gasteiger partial charge in [0.1, 0.15) is 12.7 Å². The van der Waals surface area contributed by atoms with Crippen molar-refractivity contribution in [3.05, 3.63) is 83.2 Å². The van der Waals surface area contributed by atoms with Crippen LogP contribution < -0.4 is 10.2 Å². The fourth-order valence-corrected chi connectivity index (χ4v) is 5.00. The molecule has 0 spiro atoms. The summed E-state index contributed by atoms with van der Waals surface area (Å²) in [5.41, 5.74) is 2.51. The number of thiophene rings is 1. The predicted molar refractivity (Wildman–Crippen MR) is 126 cm³/mol. The number of amides is 2. The predicted octanol–water partition coefficient (Wildman–Crippen LogP) is 4.16. The SMILES string of the molecule is Cc1ccc(N2C(=O)CCC(C(=O)Nc3ccc(-n4cncn4)nc3)C2c2cccs2)cc1. The summed E-state index contributed by atoms with van der Waals surface area (Å²) >= 11 is 1.56. The Labute approximate surface area is 194 Å². The van der Waals surface area contributed by atoms with Crippen LogP contribution in [-0.2, 0) is 9.59 Å². The summed E-state index contributed by atoms with van der Waals surface area (Å²) in [7, 11) is 0. The molecule has 5 rings (SSSR count). The van der Waals surface area contributed by atoms with Crippen LogP contribution in [0.25, 0.3) is 5.82 Å². The van der Waals surface area contributed by atoms with Crippen LogP contribution in [-0.4, -0.2) is 31.6 Å². The molecule has 3 aromatic heterocycles. The highest BCUT2D eigenvalue weighted by atomic mass is 32.1. The molecule has 1 aromatic carbocycles. The molecule has 1 aliphatic heterocycles. The number of rotatable bonds is 5. The van der Waals surface area contributed by atoms with Crippen molar-refractivity contribution in [2.24, 2.45) is 5.92 Å². The zero-order valence-corrected chi connectivity index (χ0v) is 18.8. The van der Waals surface area contributed by atoms with E-state index in [4.69, 9.17) is 0 Å². The van der Waals surface area contributed by atoms with Crippen molar-refractivity contribution in [1.29, 1.82) is 0 Å². The van der Waals surface area contributed by atoms with Crippen molar-refractivity contribution in [2.75, 3.05) is 10.2 Å². The lowest BCUT2D eigenvalue weighted by Gasteiger charge is -2.40. The smallest absolute Gasteiger partial charge is 0.230 e. The van der Waals surface area contributed by atoms with Gasteiger partial charge in [0.15, 0.2) is 5.82 Å². The maximum Gasteiger partial charge on any atom is 0.230 e. The molecule has 0 saturated carbocycles. The lowest BCUT2D eigenvalue weighted by molar-refractivity contribution is -0.125. The summed E-state index contributed by atoms with van der Waals surface area (Å²) in [4.78, 5) is 37.5. The molecule has 1 saturated heterocycles. The van der Waals surface area contributed by atoms with Gasteiger partial charge in [0.25, 0.3) is 0 Å². The fourth-order valence-electron chi connectivity index (χ4n) is 4.12. The molecule has 2 atom stereocenters. The van der Waals surface area contributed by atoms with Crippen LogP contribution in [0.15, 0.2) is 72.8 Å². The number of aromatic nitrogens is 4. The number of hydrogen-bond donors (Lipinski definition) is 1. The molecule has 33 heavy (non-hydrogen) atoms. The maximum absolute atomic E-state index is 13.4. The molecule has 4 aromatic rings. The Morgan fingerprint density at radius 3 is 2.67 bits per heavy atom. The average molecular weight is 459 g/mol. The van der Waals surface area contributed by atoms with Crippen LogP contribution in [0.1, 0.15) is 29.3 Å². The van der Waals surface area contributed by atoms with Crippen molar-refractivity contribution < 1.29 is 9.59 Å². The molecule has 9 heteroatoms. The van der Waals surface area contributed by atoms with Crippen LogP contribution in [0.2, 0.25) is 0 Å². The van der Waals surface area contributed by atoms with E-state index in [1.165, 1.54) is 6.33 Å². The van der Waals surface area contributed by atoms with E-state index in [0.29, 0.717) is 24.3 Å². The Balaban J connectivity index is 1.42. The van der Waals surface area contributed by atoms with E-state index in [2.05, 4.69) is 20.4 Å². The molecule has 0 aliphatic carbocycles. The van der Waals surface area contributed by atoms with Crippen LogP contribution in [0.3, 0.4) is 0 Å². The minimum absolute atomic E-state index is 0.0279. The second kappa shape index (κ2) is 8.95. The van der Waals surface area contributed by atoms with Gasteiger partial charge in [-0.25, -0.2) is 14.6 Å². The number of anilines is 2. The van der Waals surface area contributed by atoms with E-state index in [-0.39, 0.29) is 17.9 Å². The van der Waals surface area contributed by atoms with Gasteiger partial charge in [0.05, 0.1) is 23.8 Å². The first-order chi connectivity index (χ1) is 16.1. The van der Waals surface area contributed by atoms with Gasteiger partial charge in [-0.1, -0.05) is 23.8 Å². The lowest BCUT2D eigenvalue weighted by atomic mass is 9.86. The quantitative estimate of drug-likeness (QED) is 0.485. The third-order valence-corrected chi connectivity index (χ3v) is 6.69. The average Bonchev–Trinajstić information content (AvgIpc) is 3.55. The molecule has 0 bridgehead atoms. The number of aryl methyl sites for hydroxylation is 1. The molecule has 2 amide bonds. The molecule has 166 valence electrons. The van der Waals surface area contributed by atoms with Crippen LogP contribution in [0, 0.1) is 12.8 Å². The van der Waals surface area contributed by atoms with Crippen molar-refractivity contribution in [1.82, 2.24) is 19.7 Å². The highest BCUT2D eigenvalue weighted by Gasteiger charge is 2.42. The molecule has 0 radical (unpaired) electrons. The number of nitrogens with zero attached hydrogens (tertiary/aromatic N) is 5. The van der Waals surface area contributed by atoms with E-state index >= 15 is 0 Å². The van der Waals surface area contributed by atoms with Crippen molar-refractivity contribution in [2.45, 2.75) is 25.8 Å². The molecule has 4 heterocycles. The summed E-state index contributed by atoms with van der Waals surface area (Å²) in [5.74, 6) is 0.113. The first kappa shape index (κ1) is 21.0. The molecule has 1 fully saturated rings. The normalized spacial score (nSPS) is 18.3. The van der Waals surface area contributed by atoms with Gasteiger partial charge >= 0.3 is 0 Å². The largest absolute Gasteiger partial charge is 0.324 e. The highest BCUT2D eigenvalue weighted by Crippen LogP contribution is 2.42. The summed E-state index contributed by atoms with van der Waals surface area (Å²) < 4.78 is 1.55. The van der Waals surface area contributed by atoms with Gasteiger partial charge < -0.3 is 10.2 Å². The molecular formula is C24H22N6O2S. The van der Waals surface area contributed by atoms with Crippen molar-refractivity contribution >= 4 is 34.5 Å². The van der Waals surface area contributed by atoms with Gasteiger partial charge in [-0.3, -0.25) is 9.59 Å². The second-order valence-corrected chi connectivity index (χ2v) is 8.92. The second-order valence-electron chi connectivity index (χ2n) is 7.94. The number of benzene rings is 1. The Morgan fingerprint density at radius 2 is 2.00 bits per heavy atom. The van der Waals surface area contributed by atoms with Crippen LogP contribution in [0.4, 0.5) is 11.4 Å². The minimum Gasteiger partial charge on any atom is -0.324 e. The number of carbonyl (C=O) groups excluding carboxylic acids is 2. The lowest BCUT2D eigenvalue weighted by Crippen LogP contribution is -2.46. The van der Waals surface area contributed by atoms with Crippen molar-refractivity contribution in [3.63, 3.8) is 0 Å². The topological polar surface area (TPSA) is 93.0 Å². The third kappa shape index (κ3) is 4.27. The van der Waals surface area contributed by atoms with Gasteiger partial charge in [-0.2, -0.15) is 5.10 Å². The van der Waals surface area contributed by atoms with Gasteiger partial charge in [-0.15, -0.1) is 11.3 Å². The summed E-state index contributed by atoms with van der Waals surface area (Å²) in [6.45, 7) is 2.01. The van der Waals surface area contributed by atoms with E-state index in [9.17, 15) is 9.59 Å². The summed E-state index contributed by atoms with van der Waals surface area (Å²) in [6.07, 6.45) is 5.40. The van der Waals surface area contributed by atoms with E-state index < -0.39 is 5.92 Å². The third-order valence-electron chi connectivity index (χ3n) is 5.75. The van der Waals surface area contributed by atoms with E-state index in [1.807, 2.05) is 48.7 Å². The Morgan fingerprint density at radius 1 is 1.15 bits per heavy atom. The standard InChI is InChI=1S/C24H22N6O2S/c1-16-4-7-18(8-5-16)30-22(31)11-9-19(23(30)20-3-2-12-33-20)24(32)28-17-6-10-21(26-13-17)29-15-25-14-27-29/h2-8,10,12-15,19,23H,9,11H2,1H3,(H,28,32). The first-order valence-corrected chi connectivity index (χ1v) is 11.5. The molecule has 1 aliphatic rings. The number of carbonyl (C=O) groups is 2. The number of hydrogen-bond acceptors (Lipinski definition) is 6. The minimum atomic E-state index is -0.391. The maximum atomic E-state index is 13.4. The van der Waals surface area contributed by atoms with Crippen LogP contribution in [0.5, 0.6) is 0 Å². The Hall–Kier alpha value is -3.85. The van der Waals surface area contributed by atoms with Gasteiger partial charge in [0, 0.05) is 17.0 Å². The van der Waals surface area contributed by atoms with Gasteiger partial charge in [0.2, 0.25) is 11.8 Å². The number of pyridine rings is 1. The van der Waals surface area contributed by atoms with E-state index in [1.54, 1.807) is 45.6 Å². The number of piperidine rings is 1. The molecule has 8 nitrogen and oxygen atoms in total. The zero-order chi connectivity index (χ0) is 22.8. The zero-order valence-electron chi connectivity index (χ0n) is 18.0. The summed E-state index contributed by atoms with van der Waals surface area (Å²) in [5, 5.41) is 9.03. The summed E-state index contributed by atoms with van der Waals surface area (Å²) in [6, 6.07) is 15.0. The first-order valence-electron chi connectivity index (χ1n) is 10.6. The molecule has 1 N–H and O–H groups in total. The Bertz CT molecular complexity index is 1240. The Kier molecular flexibility index (Phi) is 5.70. The monoisotopic (exact) mass is 458 g/mol. The molecular weight excluding hydrogens is 436 g/mol. The van der Waals surface area contributed by atoms with E-state index in [0.717, 1.165) is 16.1 Å². The van der Waals surface area contributed by atoms with Crippen LogP contribution >= 0.6 is 11.3 Å².